The minimum Gasteiger partial charge on any atom is -0.468 e. The average molecular weight is 351 g/mol. The van der Waals surface area contributed by atoms with Crippen LogP contribution in [0.1, 0.15) is 37.4 Å². The van der Waals surface area contributed by atoms with Gasteiger partial charge in [0, 0.05) is 6.04 Å². The fraction of sp³-hybridized carbons (Fsp3) is 0.348. The van der Waals surface area contributed by atoms with Crippen LogP contribution in [0.15, 0.2) is 73.3 Å². The molecule has 0 aromatic heterocycles. The van der Waals surface area contributed by atoms with Gasteiger partial charge >= 0.3 is 5.97 Å². The second kappa shape index (κ2) is 9.35. The van der Waals surface area contributed by atoms with Gasteiger partial charge in [-0.05, 0) is 29.4 Å². The van der Waals surface area contributed by atoms with Crippen molar-refractivity contribution < 1.29 is 9.53 Å². The van der Waals surface area contributed by atoms with Crippen molar-refractivity contribution in [1.29, 1.82) is 0 Å². The number of aryl methyl sites for hydroxylation is 1. The molecule has 26 heavy (non-hydrogen) atoms. The van der Waals surface area contributed by atoms with E-state index in [2.05, 4.69) is 50.0 Å². The van der Waals surface area contributed by atoms with Crippen molar-refractivity contribution in [3.8, 4) is 0 Å². The molecule has 0 amide bonds. The Morgan fingerprint density at radius 3 is 2.23 bits per heavy atom. The zero-order valence-corrected chi connectivity index (χ0v) is 15.9. The fourth-order valence-corrected chi connectivity index (χ4v) is 3.03. The Hall–Kier alpha value is -2.39. The highest BCUT2D eigenvalue weighted by molar-refractivity contribution is 5.77. The Balaban J connectivity index is 2.22. The van der Waals surface area contributed by atoms with Crippen LogP contribution < -0.4 is 5.32 Å². The van der Waals surface area contributed by atoms with Crippen molar-refractivity contribution in [2.75, 3.05) is 7.11 Å². The highest BCUT2D eigenvalue weighted by Crippen LogP contribution is 2.28. The van der Waals surface area contributed by atoms with Crippen LogP contribution in [0.3, 0.4) is 0 Å². The van der Waals surface area contributed by atoms with E-state index in [4.69, 9.17) is 4.74 Å². The summed E-state index contributed by atoms with van der Waals surface area (Å²) in [5, 5.41) is 3.54. The molecule has 138 valence electrons. The molecule has 2 aromatic carbocycles. The lowest BCUT2D eigenvalue weighted by Gasteiger charge is -2.35. The largest absolute Gasteiger partial charge is 0.468 e. The number of hydrogen-bond acceptors (Lipinski definition) is 3. The average Bonchev–Trinajstić information content (AvgIpc) is 2.68. The van der Waals surface area contributed by atoms with E-state index in [1.165, 1.54) is 12.7 Å². The van der Waals surface area contributed by atoms with E-state index < -0.39 is 6.04 Å². The van der Waals surface area contributed by atoms with E-state index in [0.717, 1.165) is 18.4 Å². The number of carbonyl (C=O) groups is 1. The standard InChI is InChI=1S/C23H29NO2/c1-5-23(2,3)20(17-16-18-12-8-6-9-13-18)24-21(22(25)26-4)19-14-10-7-11-15-19/h5-15,20-21,24H,1,16-17H2,2-4H3/t20-,21+/m1/s1. The number of benzene rings is 2. The first-order valence-corrected chi connectivity index (χ1v) is 9.04. The highest BCUT2D eigenvalue weighted by Gasteiger charge is 2.32. The molecule has 0 spiro atoms. The summed E-state index contributed by atoms with van der Waals surface area (Å²) < 4.78 is 5.05. The van der Waals surface area contributed by atoms with Gasteiger partial charge in [0.1, 0.15) is 6.04 Å². The van der Waals surface area contributed by atoms with Gasteiger partial charge in [0.15, 0.2) is 0 Å². The third-order valence-electron chi connectivity index (χ3n) is 4.93. The van der Waals surface area contributed by atoms with Gasteiger partial charge in [-0.2, -0.15) is 0 Å². The zero-order valence-electron chi connectivity index (χ0n) is 15.9. The Bertz CT molecular complexity index is 695. The van der Waals surface area contributed by atoms with Crippen molar-refractivity contribution in [3.63, 3.8) is 0 Å². The normalized spacial score (nSPS) is 13.7. The van der Waals surface area contributed by atoms with Crippen LogP contribution in [0.2, 0.25) is 0 Å². The van der Waals surface area contributed by atoms with E-state index in [9.17, 15) is 4.79 Å². The van der Waals surface area contributed by atoms with Gasteiger partial charge in [0.25, 0.3) is 0 Å². The molecule has 0 aliphatic heterocycles. The van der Waals surface area contributed by atoms with Gasteiger partial charge in [-0.15, -0.1) is 6.58 Å². The molecule has 0 heterocycles. The molecule has 0 radical (unpaired) electrons. The van der Waals surface area contributed by atoms with Crippen molar-refractivity contribution in [2.45, 2.75) is 38.8 Å². The van der Waals surface area contributed by atoms with Crippen LogP contribution >= 0.6 is 0 Å². The monoisotopic (exact) mass is 351 g/mol. The lowest BCUT2D eigenvalue weighted by atomic mass is 9.80. The molecule has 1 N–H and O–H groups in total. The molecule has 0 saturated heterocycles. The van der Waals surface area contributed by atoms with Crippen molar-refractivity contribution in [1.82, 2.24) is 5.32 Å². The molecule has 0 unspecified atom stereocenters. The minimum absolute atomic E-state index is 0.0736. The topological polar surface area (TPSA) is 38.3 Å². The van der Waals surface area contributed by atoms with Crippen molar-refractivity contribution in [3.05, 3.63) is 84.4 Å². The minimum atomic E-state index is -0.499. The third kappa shape index (κ3) is 5.30. The van der Waals surface area contributed by atoms with Crippen LogP contribution in [0.25, 0.3) is 0 Å². The first-order chi connectivity index (χ1) is 12.5. The Morgan fingerprint density at radius 2 is 1.69 bits per heavy atom. The quantitative estimate of drug-likeness (QED) is 0.525. The second-order valence-electron chi connectivity index (χ2n) is 7.14. The number of rotatable bonds is 9. The van der Waals surface area contributed by atoms with E-state index in [-0.39, 0.29) is 17.4 Å². The van der Waals surface area contributed by atoms with Crippen LogP contribution in [0.5, 0.6) is 0 Å². The third-order valence-corrected chi connectivity index (χ3v) is 4.93. The van der Waals surface area contributed by atoms with Crippen LogP contribution in [-0.2, 0) is 16.0 Å². The van der Waals surface area contributed by atoms with Crippen LogP contribution in [-0.4, -0.2) is 19.1 Å². The zero-order chi connectivity index (χ0) is 19.0. The summed E-state index contributed by atoms with van der Waals surface area (Å²) >= 11 is 0. The molecular formula is C23H29NO2. The number of hydrogen-bond donors (Lipinski definition) is 1. The molecule has 0 fully saturated rings. The van der Waals surface area contributed by atoms with Crippen molar-refractivity contribution in [2.24, 2.45) is 5.41 Å². The molecule has 0 saturated carbocycles. The van der Waals surface area contributed by atoms with Gasteiger partial charge in [-0.1, -0.05) is 80.6 Å². The molecule has 3 nitrogen and oxygen atoms in total. The van der Waals surface area contributed by atoms with Crippen LogP contribution in [0.4, 0.5) is 0 Å². The summed E-state index contributed by atoms with van der Waals surface area (Å²) in [6.45, 7) is 8.28. The van der Waals surface area contributed by atoms with E-state index in [0.29, 0.717) is 0 Å². The number of carbonyl (C=O) groups excluding carboxylic acids is 1. The van der Waals surface area contributed by atoms with Gasteiger partial charge < -0.3 is 4.74 Å². The van der Waals surface area contributed by atoms with E-state index >= 15 is 0 Å². The lowest BCUT2D eigenvalue weighted by Crippen LogP contribution is -2.45. The molecule has 0 bridgehead atoms. The number of esters is 1. The van der Waals surface area contributed by atoms with E-state index in [1.54, 1.807) is 0 Å². The lowest BCUT2D eigenvalue weighted by molar-refractivity contribution is -0.143. The molecular weight excluding hydrogens is 322 g/mol. The summed E-state index contributed by atoms with van der Waals surface area (Å²) in [5.74, 6) is -0.277. The maximum absolute atomic E-state index is 12.4. The highest BCUT2D eigenvalue weighted by atomic mass is 16.5. The molecule has 2 aromatic rings. The predicted octanol–water partition coefficient (Wildman–Crippen LogP) is 4.70. The first kappa shape index (κ1) is 19.9. The fourth-order valence-electron chi connectivity index (χ4n) is 3.03. The Labute approximate surface area is 157 Å². The Morgan fingerprint density at radius 1 is 1.12 bits per heavy atom. The smallest absolute Gasteiger partial charge is 0.327 e. The van der Waals surface area contributed by atoms with Gasteiger partial charge in [-0.25, -0.2) is 4.79 Å². The summed E-state index contributed by atoms with van der Waals surface area (Å²) in [6, 6.07) is 19.7. The maximum Gasteiger partial charge on any atom is 0.327 e. The summed E-state index contributed by atoms with van der Waals surface area (Å²) in [4.78, 5) is 12.4. The summed E-state index contributed by atoms with van der Waals surface area (Å²) in [7, 11) is 1.43. The van der Waals surface area contributed by atoms with Gasteiger partial charge in [0.2, 0.25) is 0 Å². The van der Waals surface area contributed by atoms with Crippen molar-refractivity contribution >= 4 is 5.97 Å². The number of nitrogens with one attached hydrogen (secondary N) is 1. The SMILES string of the molecule is C=CC(C)(C)[C@@H](CCc1ccccc1)N[C@H](C(=O)OC)c1ccccc1. The summed E-state index contributed by atoms with van der Waals surface area (Å²) in [5.41, 5.74) is 2.02. The molecule has 0 aliphatic rings. The summed E-state index contributed by atoms with van der Waals surface area (Å²) in [6.07, 6.45) is 3.77. The van der Waals surface area contributed by atoms with Crippen LogP contribution in [0, 0.1) is 5.41 Å². The number of methoxy groups -OCH3 is 1. The molecule has 2 rings (SSSR count). The molecule has 2 atom stereocenters. The maximum atomic E-state index is 12.4. The predicted molar refractivity (Wildman–Crippen MR) is 107 cm³/mol. The van der Waals surface area contributed by atoms with Gasteiger partial charge in [0.05, 0.1) is 7.11 Å². The first-order valence-electron chi connectivity index (χ1n) is 9.04. The van der Waals surface area contributed by atoms with E-state index in [1.807, 2.05) is 42.5 Å². The molecule has 0 aliphatic carbocycles. The Kier molecular flexibility index (Phi) is 7.16. The molecule has 3 heteroatoms. The van der Waals surface area contributed by atoms with Gasteiger partial charge in [-0.3, -0.25) is 5.32 Å². The second-order valence-corrected chi connectivity index (χ2v) is 7.14. The number of ether oxygens (including phenoxy) is 1.